The Morgan fingerprint density at radius 1 is 1.15 bits per heavy atom. The number of rotatable bonds is 5. The van der Waals surface area contributed by atoms with Gasteiger partial charge in [0.2, 0.25) is 5.91 Å². The molecule has 0 spiro atoms. The number of aryl methyl sites for hydroxylation is 1. The number of anilines is 1. The molecular weight excluding hydrogens is 358 g/mol. The van der Waals surface area contributed by atoms with Crippen LogP contribution >= 0.6 is 11.3 Å². The first-order valence-corrected chi connectivity index (χ1v) is 10.1. The van der Waals surface area contributed by atoms with Gasteiger partial charge in [-0.05, 0) is 42.4 Å². The summed E-state index contributed by atoms with van der Waals surface area (Å²) in [5.74, 6) is -0.535. The molecule has 2 aromatic rings. The maximum atomic E-state index is 12.5. The fraction of sp³-hybridized carbons (Fsp3) is 0.333. The molecule has 27 heavy (non-hydrogen) atoms. The molecule has 0 saturated heterocycles. The van der Waals surface area contributed by atoms with Crippen LogP contribution in [0, 0.1) is 0 Å². The van der Waals surface area contributed by atoms with Crippen molar-refractivity contribution < 1.29 is 9.59 Å². The SMILES string of the molecule is NC(=O)c1c(NC(=O)CN2CC=C(c3ccccc3)CC2)sc2c1CCC2. The van der Waals surface area contributed by atoms with E-state index in [0.29, 0.717) is 17.1 Å². The Morgan fingerprint density at radius 2 is 1.96 bits per heavy atom. The summed E-state index contributed by atoms with van der Waals surface area (Å²) in [7, 11) is 0. The molecule has 0 bridgehead atoms. The van der Waals surface area contributed by atoms with Crippen molar-refractivity contribution >= 4 is 33.7 Å². The van der Waals surface area contributed by atoms with Crippen molar-refractivity contribution in [2.24, 2.45) is 5.73 Å². The number of hydrogen-bond donors (Lipinski definition) is 2. The smallest absolute Gasteiger partial charge is 0.251 e. The average molecular weight is 382 g/mol. The van der Waals surface area contributed by atoms with Crippen molar-refractivity contribution in [2.75, 3.05) is 25.0 Å². The summed E-state index contributed by atoms with van der Waals surface area (Å²) in [4.78, 5) is 27.7. The number of carbonyl (C=O) groups is 2. The second-order valence-corrected chi connectivity index (χ2v) is 8.16. The summed E-state index contributed by atoms with van der Waals surface area (Å²) in [5, 5.41) is 3.55. The second-order valence-electron chi connectivity index (χ2n) is 7.05. The Kier molecular flexibility index (Phi) is 5.09. The van der Waals surface area contributed by atoms with E-state index >= 15 is 0 Å². The van der Waals surface area contributed by atoms with Gasteiger partial charge in [-0.2, -0.15) is 0 Å². The van der Waals surface area contributed by atoms with E-state index in [9.17, 15) is 9.59 Å². The molecule has 2 heterocycles. The number of nitrogens with zero attached hydrogens (tertiary/aromatic N) is 1. The van der Waals surface area contributed by atoms with E-state index in [-0.39, 0.29) is 5.91 Å². The lowest BCUT2D eigenvalue weighted by atomic mass is 10.00. The quantitative estimate of drug-likeness (QED) is 0.836. The Hall–Kier alpha value is -2.44. The van der Waals surface area contributed by atoms with Crippen LogP contribution in [0.15, 0.2) is 36.4 Å². The van der Waals surface area contributed by atoms with Crippen molar-refractivity contribution in [2.45, 2.75) is 25.7 Å². The number of thiophene rings is 1. The highest BCUT2D eigenvalue weighted by Crippen LogP contribution is 2.38. The van der Waals surface area contributed by atoms with Gasteiger partial charge in [0.15, 0.2) is 0 Å². The van der Waals surface area contributed by atoms with Crippen molar-refractivity contribution in [3.05, 3.63) is 58.0 Å². The standard InChI is InChI=1S/C21H23N3O2S/c22-20(26)19-16-7-4-8-17(16)27-21(19)23-18(25)13-24-11-9-15(10-12-24)14-5-2-1-3-6-14/h1-3,5-6,9H,4,7-8,10-13H2,(H2,22,26)(H,23,25). The van der Waals surface area contributed by atoms with Crippen LogP contribution < -0.4 is 11.1 Å². The maximum Gasteiger partial charge on any atom is 0.251 e. The molecule has 1 aliphatic heterocycles. The molecule has 0 atom stereocenters. The highest BCUT2D eigenvalue weighted by Gasteiger charge is 2.26. The number of hydrogen-bond acceptors (Lipinski definition) is 4. The molecule has 2 amide bonds. The zero-order chi connectivity index (χ0) is 18.8. The molecule has 4 rings (SSSR count). The van der Waals surface area contributed by atoms with E-state index in [0.717, 1.165) is 44.3 Å². The van der Waals surface area contributed by atoms with Gasteiger partial charge in [0.25, 0.3) is 5.91 Å². The molecule has 1 aliphatic carbocycles. The van der Waals surface area contributed by atoms with Crippen molar-refractivity contribution in [3.8, 4) is 0 Å². The van der Waals surface area contributed by atoms with Crippen LogP contribution in [0.1, 0.15) is 39.2 Å². The summed E-state index contributed by atoms with van der Waals surface area (Å²) in [6, 6.07) is 10.4. The maximum absolute atomic E-state index is 12.5. The normalized spacial score (nSPS) is 16.7. The molecule has 1 aromatic heterocycles. The Bertz CT molecular complexity index is 902. The zero-order valence-corrected chi connectivity index (χ0v) is 16.0. The van der Waals surface area contributed by atoms with Crippen LogP contribution in [0.3, 0.4) is 0 Å². The first-order valence-electron chi connectivity index (χ1n) is 9.33. The zero-order valence-electron chi connectivity index (χ0n) is 15.2. The van der Waals surface area contributed by atoms with Crippen molar-refractivity contribution in [1.82, 2.24) is 4.90 Å². The van der Waals surface area contributed by atoms with E-state index in [1.807, 2.05) is 18.2 Å². The van der Waals surface area contributed by atoms with Gasteiger partial charge in [-0.15, -0.1) is 11.3 Å². The fourth-order valence-electron chi connectivity index (χ4n) is 3.89. The van der Waals surface area contributed by atoms with Crippen LogP contribution in [0.5, 0.6) is 0 Å². The number of amides is 2. The van der Waals surface area contributed by atoms with Gasteiger partial charge in [-0.25, -0.2) is 0 Å². The van der Waals surface area contributed by atoms with E-state index in [4.69, 9.17) is 5.73 Å². The highest BCUT2D eigenvalue weighted by atomic mass is 32.1. The van der Waals surface area contributed by atoms with E-state index in [1.54, 1.807) is 0 Å². The molecule has 0 unspecified atom stereocenters. The lowest BCUT2D eigenvalue weighted by Crippen LogP contribution is -2.36. The molecule has 6 heteroatoms. The first-order chi connectivity index (χ1) is 13.1. The minimum Gasteiger partial charge on any atom is -0.365 e. The third kappa shape index (κ3) is 3.82. The van der Waals surface area contributed by atoms with Gasteiger partial charge in [0.1, 0.15) is 5.00 Å². The predicted octanol–water partition coefficient (Wildman–Crippen LogP) is 3.06. The van der Waals surface area contributed by atoms with Gasteiger partial charge >= 0.3 is 0 Å². The monoisotopic (exact) mass is 381 g/mol. The van der Waals surface area contributed by atoms with Crippen LogP contribution in [-0.2, 0) is 17.6 Å². The van der Waals surface area contributed by atoms with Gasteiger partial charge < -0.3 is 11.1 Å². The molecular formula is C21H23N3O2S. The summed E-state index contributed by atoms with van der Waals surface area (Å²) >= 11 is 1.50. The van der Waals surface area contributed by atoms with Crippen LogP contribution in [-0.4, -0.2) is 36.3 Å². The van der Waals surface area contributed by atoms with Gasteiger partial charge in [0.05, 0.1) is 12.1 Å². The summed E-state index contributed by atoms with van der Waals surface area (Å²) < 4.78 is 0. The summed E-state index contributed by atoms with van der Waals surface area (Å²) in [6.07, 6.45) is 6.02. The van der Waals surface area contributed by atoms with Crippen LogP contribution in [0.25, 0.3) is 5.57 Å². The van der Waals surface area contributed by atoms with Gasteiger partial charge in [-0.3, -0.25) is 14.5 Å². The Labute approximate surface area is 162 Å². The Balaban J connectivity index is 1.39. The second kappa shape index (κ2) is 7.66. The number of primary amides is 1. The van der Waals surface area contributed by atoms with Crippen molar-refractivity contribution in [3.63, 3.8) is 0 Å². The van der Waals surface area contributed by atoms with Crippen LogP contribution in [0.4, 0.5) is 5.00 Å². The lowest BCUT2D eigenvalue weighted by molar-refractivity contribution is -0.117. The van der Waals surface area contributed by atoms with E-state index in [1.165, 1.54) is 27.4 Å². The predicted molar refractivity (Wildman–Crippen MR) is 109 cm³/mol. The fourth-order valence-corrected chi connectivity index (χ4v) is 5.20. The number of nitrogens with one attached hydrogen (secondary N) is 1. The molecule has 1 aromatic carbocycles. The molecule has 5 nitrogen and oxygen atoms in total. The average Bonchev–Trinajstić information content (AvgIpc) is 3.23. The summed E-state index contributed by atoms with van der Waals surface area (Å²) in [6.45, 7) is 1.92. The Morgan fingerprint density at radius 3 is 2.67 bits per heavy atom. The number of fused-ring (bicyclic) bond motifs is 1. The van der Waals surface area contributed by atoms with Gasteiger partial charge in [0, 0.05) is 18.0 Å². The minimum atomic E-state index is -0.446. The van der Waals surface area contributed by atoms with Gasteiger partial charge in [-0.1, -0.05) is 36.4 Å². The van der Waals surface area contributed by atoms with Crippen LogP contribution in [0.2, 0.25) is 0 Å². The number of nitrogens with two attached hydrogens (primary N) is 1. The molecule has 140 valence electrons. The largest absolute Gasteiger partial charge is 0.365 e. The van der Waals surface area contributed by atoms with E-state index < -0.39 is 5.91 Å². The lowest BCUT2D eigenvalue weighted by Gasteiger charge is -2.25. The molecule has 3 N–H and O–H groups in total. The third-order valence-corrected chi connectivity index (χ3v) is 6.43. The number of carbonyl (C=O) groups excluding carboxylic acids is 2. The highest BCUT2D eigenvalue weighted by molar-refractivity contribution is 7.17. The minimum absolute atomic E-state index is 0.0889. The van der Waals surface area contributed by atoms with E-state index in [2.05, 4.69) is 28.4 Å². The molecule has 0 radical (unpaired) electrons. The summed E-state index contributed by atoms with van der Waals surface area (Å²) in [5.41, 5.74) is 9.70. The number of benzene rings is 1. The van der Waals surface area contributed by atoms with Crippen molar-refractivity contribution in [1.29, 1.82) is 0 Å². The topological polar surface area (TPSA) is 75.4 Å². The molecule has 0 fully saturated rings. The third-order valence-electron chi connectivity index (χ3n) is 5.23. The molecule has 0 saturated carbocycles. The molecule has 2 aliphatic rings. The first kappa shape index (κ1) is 17.9.